The smallest absolute Gasteiger partial charge is 0.278 e. The Morgan fingerprint density at radius 3 is 2.33 bits per heavy atom. The lowest BCUT2D eigenvalue weighted by Gasteiger charge is -2.16. The molecule has 0 aliphatic carbocycles. The molecule has 0 aliphatic rings. The van der Waals surface area contributed by atoms with Crippen molar-refractivity contribution in [3.63, 3.8) is 0 Å². The largest absolute Gasteiger partial charge is 0.336 e. The Balaban J connectivity index is 1.75. The van der Waals surface area contributed by atoms with Crippen LogP contribution in [-0.2, 0) is 0 Å². The minimum absolute atomic E-state index is 0.209. The number of carbonyl (C=O) groups is 1. The predicted octanol–water partition coefficient (Wildman–Crippen LogP) is 3.64. The fourth-order valence-electron chi connectivity index (χ4n) is 2.15. The van der Waals surface area contributed by atoms with Gasteiger partial charge in [0.05, 0.1) is 5.69 Å². The van der Waals surface area contributed by atoms with Crippen molar-refractivity contribution >= 4 is 23.1 Å². The van der Waals surface area contributed by atoms with Gasteiger partial charge in [0.15, 0.2) is 11.5 Å². The lowest BCUT2D eigenvalue weighted by Crippen LogP contribution is -2.27. The van der Waals surface area contributed by atoms with E-state index in [4.69, 9.17) is 0 Å². The molecule has 0 saturated carbocycles. The molecule has 0 saturated heterocycles. The third-order valence-electron chi connectivity index (χ3n) is 3.47. The van der Waals surface area contributed by atoms with Gasteiger partial charge in [-0.1, -0.05) is 30.3 Å². The molecule has 5 nitrogen and oxygen atoms in total. The molecule has 1 heterocycles. The fraction of sp³-hybridized carbons (Fsp3) is 0.0556. The van der Waals surface area contributed by atoms with Crippen molar-refractivity contribution < 1.29 is 9.18 Å². The number of carbonyl (C=O) groups excluding carboxylic acids is 1. The minimum Gasteiger partial charge on any atom is -0.336 e. The van der Waals surface area contributed by atoms with Gasteiger partial charge in [-0.2, -0.15) is 0 Å². The average molecular weight is 322 g/mol. The van der Waals surface area contributed by atoms with E-state index in [9.17, 15) is 9.18 Å². The van der Waals surface area contributed by atoms with E-state index in [1.165, 1.54) is 11.0 Å². The number of benzene rings is 2. The molecule has 0 spiro atoms. The van der Waals surface area contributed by atoms with Crippen molar-refractivity contribution in [3.8, 4) is 0 Å². The van der Waals surface area contributed by atoms with Crippen molar-refractivity contribution in [3.05, 3.63) is 78.2 Å². The van der Waals surface area contributed by atoms with Gasteiger partial charge in [-0.3, -0.25) is 4.79 Å². The van der Waals surface area contributed by atoms with Crippen LogP contribution in [0.3, 0.4) is 0 Å². The molecule has 2 aromatic carbocycles. The van der Waals surface area contributed by atoms with Gasteiger partial charge in [-0.15, -0.1) is 10.2 Å². The molecule has 0 unspecified atom stereocenters. The molecule has 3 rings (SSSR count). The van der Waals surface area contributed by atoms with Crippen LogP contribution in [0.1, 0.15) is 10.5 Å². The van der Waals surface area contributed by atoms with E-state index < -0.39 is 0 Å². The number of rotatable bonds is 4. The fourth-order valence-corrected chi connectivity index (χ4v) is 2.15. The van der Waals surface area contributed by atoms with Crippen LogP contribution in [0.25, 0.3) is 0 Å². The highest BCUT2D eigenvalue weighted by atomic mass is 19.1. The summed E-state index contributed by atoms with van der Waals surface area (Å²) in [6.45, 7) is 0. The normalized spacial score (nSPS) is 10.2. The zero-order chi connectivity index (χ0) is 16.9. The highest BCUT2D eigenvalue weighted by Gasteiger charge is 2.15. The van der Waals surface area contributed by atoms with Crippen molar-refractivity contribution in [2.75, 3.05) is 17.3 Å². The number of para-hydroxylation sites is 2. The number of nitrogens with zero attached hydrogens (tertiary/aromatic N) is 3. The number of hydrogen-bond donors (Lipinski definition) is 1. The highest BCUT2D eigenvalue weighted by molar-refractivity contribution is 6.04. The van der Waals surface area contributed by atoms with E-state index in [1.807, 2.05) is 30.3 Å². The maximum Gasteiger partial charge on any atom is 0.278 e. The van der Waals surface area contributed by atoms with E-state index in [2.05, 4.69) is 15.5 Å². The first kappa shape index (κ1) is 15.6. The van der Waals surface area contributed by atoms with E-state index in [-0.39, 0.29) is 17.4 Å². The van der Waals surface area contributed by atoms with E-state index in [0.29, 0.717) is 11.5 Å². The first-order valence-corrected chi connectivity index (χ1v) is 7.33. The Morgan fingerprint density at radius 2 is 1.67 bits per heavy atom. The van der Waals surface area contributed by atoms with Crippen LogP contribution in [-0.4, -0.2) is 23.2 Å². The van der Waals surface area contributed by atoms with Gasteiger partial charge >= 0.3 is 0 Å². The van der Waals surface area contributed by atoms with Crippen LogP contribution in [0.5, 0.6) is 0 Å². The van der Waals surface area contributed by atoms with Gasteiger partial charge in [0.2, 0.25) is 0 Å². The van der Waals surface area contributed by atoms with Gasteiger partial charge in [-0.05, 0) is 36.4 Å². The average Bonchev–Trinajstić information content (AvgIpc) is 2.64. The summed E-state index contributed by atoms with van der Waals surface area (Å²) >= 11 is 0. The second kappa shape index (κ2) is 6.87. The standard InChI is InChI=1S/C18H15FN4O/c1-23(13-7-3-2-4-8-13)18(24)16-11-12-17(22-21-16)20-15-10-6-5-9-14(15)19/h2-12H,1H3,(H,20,22). The molecule has 0 fully saturated rings. The molecule has 1 amide bonds. The quantitative estimate of drug-likeness (QED) is 0.797. The topological polar surface area (TPSA) is 58.1 Å². The van der Waals surface area contributed by atoms with Gasteiger partial charge < -0.3 is 10.2 Å². The van der Waals surface area contributed by atoms with Crippen LogP contribution in [0.15, 0.2) is 66.7 Å². The zero-order valence-electron chi connectivity index (χ0n) is 13.0. The summed E-state index contributed by atoms with van der Waals surface area (Å²) in [5, 5.41) is 10.7. The lowest BCUT2D eigenvalue weighted by atomic mass is 10.2. The van der Waals surface area contributed by atoms with Crippen molar-refractivity contribution in [2.45, 2.75) is 0 Å². The van der Waals surface area contributed by atoms with Crippen LogP contribution in [0, 0.1) is 5.82 Å². The number of nitrogens with one attached hydrogen (secondary N) is 1. The summed E-state index contributed by atoms with van der Waals surface area (Å²) in [6.07, 6.45) is 0. The SMILES string of the molecule is CN(C(=O)c1ccc(Nc2ccccc2F)nn1)c1ccccc1. The monoisotopic (exact) mass is 322 g/mol. The van der Waals surface area contributed by atoms with Crippen LogP contribution in [0.4, 0.5) is 21.6 Å². The molecule has 3 aromatic rings. The number of amides is 1. The third-order valence-corrected chi connectivity index (χ3v) is 3.47. The van der Waals surface area contributed by atoms with Crippen LogP contribution >= 0.6 is 0 Å². The van der Waals surface area contributed by atoms with E-state index in [0.717, 1.165) is 5.69 Å². The van der Waals surface area contributed by atoms with Gasteiger partial charge in [0, 0.05) is 12.7 Å². The lowest BCUT2D eigenvalue weighted by molar-refractivity contribution is 0.0987. The molecule has 0 atom stereocenters. The molecule has 0 radical (unpaired) electrons. The Bertz CT molecular complexity index is 837. The molecule has 24 heavy (non-hydrogen) atoms. The molecule has 1 N–H and O–H groups in total. The van der Waals surface area contributed by atoms with Gasteiger partial charge in [0.25, 0.3) is 5.91 Å². The molecule has 120 valence electrons. The number of halogens is 1. The Morgan fingerprint density at radius 1 is 0.958 bits per heavy atom. The Kier molecular flexibility index (Phi) is 4.47. The van der Waals surface area contributed by atoms with E-state index >= 15 is 0 Å². The van der Waals surface area contributed by atoms with Gasteiger partial charge in [0.1, 0.15) is 5.82 Å². The summed E-state index contributed by atoms with van der Waals surface area (Å²) in [5.74, 6) is -0.298. The summed E-state index contributed by atoms with van der Waals surface area (Å²) in [5.41, 5.74) is 1.27. The maximum atomic E-state index is 13.6. The number of hydrogen-bond acceptors (Lipinski definition) is 4. The summed E-state index contributed by atoms with van der Waals surface area (Å²) in [7, 11) is 1.67. The molecule has 1 aromatic heterocycles. The maximum absolute atomic E-state index is 13.6. The molecular formula is C18H15FN4O. The molecule has 0 bridgehead atoms. The molecule has 6 heteroatoms. The van der Waals surface area contributed by atoms with Crippen molar-refractivity contribution in [1.29, 1.82) is 0 Å². The predicted molar refractivity (Wildman–Crippen MR) is 90.9 cm³/mol. The highest BCUT2D eigenvalue weighted by Crippen LogP contribution is 2.18. The van der Waals surface area contributed by atoms with Crippen LogP contribution < -0.4 is 10.2 Å². The number of anilines is 3. The molecular weight excluding hydrogens is 307 g/mol. The second-order valence-electron chi connectivity index (χ2n) is 5.11. The van der Waals surface area contributed by atoms with Crippen LogP contribution in [0.2, 0.25) is 0 Å². The van der Waals surface area contributed by atoms with E-state index in [1.54, 1.807) is 37.4 Å². The van der Waals surface area contributed by atoms with Crippen molar-refractivity contribution in [2.24, 2.45) is 0 Å². The first-order valence-electron chi connectivity index (χ1n) is 7.33. The minimum atomic E-state index is -0.386. The zero-order valence-corrected chi connectivity index (χ0v) is 13.0. The van der Waals surface area contributed by atoms with Gasteiger partial charge in [-0.25, -0.2) is 4.39 Å². The summed E-state index contributed by atoms with van der Waals surface area (Å²) in [4.78, 5) is 13.9. The summed E-state index contributed by atoms with van der Waals surface area (Å²) in [6, 6.07) is 18.7. The third kappa shape index (κ3) is 3.38. The Labute approximate surface area is 138 Å². The molecule has 0 aliphatic heterocycles. The Hall–Kier alpha value is -3.28. The number of aromatic nitrogens is 2. The first-order chi connectivity index (χ1) is 11.6. The van der Waals surface area contributed by atoms with Crippen molar-refractivity contribution in [1.82, 2.24) is 10.2 Å². The summed E-state index contributed by atoms with van der Waals surface area (Å²) < 4.78 is 13.6. The second-order valence-corrected chi connectivity index (χ2v) is 5.11.